The molecular formula is C11H14F3N3O. The van der Waals surface area contributed by atoms with Crippen LogP contribution in [0.25, 0.3) is 0 Å². The minimum absolute atomic E-state index is 0.220. The first kappa shape index (κ1) is 14.1. The average molecular weight is 261 g/mol. The molecule has 0 aromatic heterocycles. The first-order valence-corrected chi connectivity index (χ1v) is 5.11. The van der Waals surface area contributed by atoms with Crippen molar-refractivity contribution in [1.29, 1.82) is 0 Å². The predicted octanol–water partition coefficient (Wildman–Crippen LogP) is 2.09. The standard InChI is InChI=1S/C11H14F3N3O/c1-7-4-3-5-8(10(15)16-18)9(7)17(2)6-11(12,13)14/h3-5,18H,6H2,1-2H3,(H2,15,16). The van der Waals surface area contributed by atoms with E-state index in [0.29, 0.717) is 11.3 Å². The molecule has 3 N–H and O–H groups in total. The Morgan fingerprint density at radius 1 is 1.44 bits per heavy atom. The Kier molecular flexibility index (Phi) is 4.05. The van der Waals surface area contributed by atoms with Crippen LogP contribution in [-0.2, 0) is 0 Å². The van der Waals surface area contributed by atoms with Crippen molar-refractivity contribution in [3.8, 4) is 0 Å². The summed E-state index contributed by atoms with van der Waals surface area (Å²) >= 11 is 0. The van der Waals surface area contributed by atoms with E-state index in [4.69, 9.17) is 10.9 Å². The molecule has 18 heavy (non-hydrogen) atoms. The molecule has 0 aliphatic carbocycles. The zero-order chi connectivity index (χ0) is 13.9. The molecule has 1 aromatic carbocycles. The van der Waals surface area contributed by atoms with Gasteiger partial charge in [-0.05, 0) is 18.6 Å². The van der Waals surface area contributed by atoms with Crippen molar-refractivity contribution in [2.75, 3.05) is 18.5 Å². The minimum atomic E-state index is -4.32. The summed E-state index contributed by atoms with van der Waals surface area (Å²) in [5.74, 6) is -0.220. The second-order valence-corrected chi connectivity index (χ2v) is 3.93. The Bertz CT molecular complexity index is 457. The maximum atomic E-state index is 12.4. The van der Waals surface area contributed by atoms with Crippen molar-refractivity contribution in [3.63, 3.8) is 0 Å². The van der Waals surface area contributed by atoms with Crippen LogP contribution in [0.15, 0.2) is 23.4 Å². The molecule has 0 unspecified atom stereocenters. The van der Waals surface area contributed by atoms with E-state index in [2.05, 4.69) is 5.16 Å². The molecule has 0 spiro atoms. The second-order valence-electron chi connectivity index (χ2n) is 3.93. The van der Waals surface area contributed by atoms with Gasteiger partial charge in [0.05, 0.1) is 5.69 Å². The van der Waals surface area contributed by atoms with Crippen LogP contribution in [0.3, 0.4) is 0 Å². The summed E-state index contributed by atoms with van der Waals surface area (Å²) < 4.78 is 37.2. The highest BCUT2D eigenvalue weighted by Crippen LogP contribution is 2.27. The van der Waals surface area contributed by atoms with Gasteiger partial charge >= 0.3 is 6.18 Å². The molecule has 0 saturated carbocycles. The summed E-state index contributed by atoms with van der Waals surface area (Å²) in [6.07, 6.45) is -4.32. The monoisotopic (exact) mass is 261 g/mol. The number of halogens is 3. The zero-order valence-electron chi connectivity index (χ0n) is 9.99. The van der Waals surface area contributed by atoms with Crippen LogP contribution >= 0.6 is 0 Å². The Hall–Kier alpha value is -1.92. The second kappa shape index (κ2) is 5.16. The number of amidine groups is 1. The van der Waals surface area contributed by atoms with Gasteiger partial charge in [-0.15, -0.1) is 0 Å². The van der Waals surface area contributed by atoms with Crippen LogP contribution in [0.4, 0.5) is 18.9 Å². The number of nitrogens with zero attached hydrogens (tertiary/aromatic N) is 2. The van der Waals surface area contributed by atoms with Gasteiger partial charge in [0, 0.05) is 12.6 Å². The highest BCUT2D eigenvalue weighted by Gasteiger charge is 2.30. The summed E-state index contributed by atoms with van der Waals surface area (Å²) in [6.45, 7) is 0.555. The Balaban J connectivity index is 3.22. The molecule has 1 rings (SSSR count). The van der Waals surface area contributed by atoms with Gasteiger partial charge in [0.1, 0.15) is 6.54 Å². The summed E-state index contributed by atoms with van der Waals surface area (Å²) in [6, 6.07) is 4.80. The Labute approximate surface area is 102 Å². The first-order valence-electron chi connectivity index (χ1n) is 5.11. The Morgan fingerprint density at radius 2 is 2.06 bits per heavy atom. The largest absolute Gasteiger partial charge is 0.409 e. The van der Waals surface area contributed by atoms with E-state index in [-0.39, 0.29) is 11.4 Å². The van der Waals surface area contributed by atoms with E-state index < -0.39 is 12.7 Å². The fourth-order valence-corrected chi connectivity index (χ4v) is 1.77. The summed E-state index contributed by atoms with van der Waals surface area (Å²) in [7, 11) is 1.31. The van der Waals surface area contributed by atoms with Crippen molar-refractivity contribution in [1.82, 2.24) is 0 Å². The highest BCUT2D eigenvalue weighted by atomic mass is 19.4. The van der Waals surface area contributed by atoms with Crippen molar-refractivity contribution < 1.29 is 18.4 Å². The number of alkyl halides is 3. The molecule has 0 aliphatic rings. The molecule has 0 amide bonds. The normalized spacial score (nSPS) is 12.6. The molecule has 0 aliphatic heterocycles. The molecule has 0 fully saturated rings. The lowest BCUT2D eigenvalue weighted by Crippen LogP contribution is -2.33. The maximum Gasteiger partial charge on any atom is 0.405 e. The molecule has 0 heterocycles. The molecule has 0 radical (unpaired) electrons. The van der Waals surface area contributed by atoms with Crippen molar-refractivity contribution >= 4 is 11.5 Å². The highest BCUT2D eigenvalue weighted by molar-refractivity contribution is 6.02. The first-order chi connectivity index (χ1) is 8.26. The Morgan fingerprint density at radius 3 is 2.56 bits per heavy atom. The summed E-state index contributed by atoms with van der Waals surface area (Å²) in [5, 5.41) is 11.5. The van der Waals surface area contributed by atoms with Crippen LogP contribution in [0, 0.1) is 6.92 Å². The van der Waals surface area contributed by atoms with E-state index in [1.165, 1.54) is 13.1 Å². The average Bonchev–Trinajstić information content (AvgIpc) is 2.25. The third kappa shape index (κ3) is 3.28. The van der Waals surface area contributed by atoms with Crippen LogP contribution in [0.1, 0.15) is 11.1 Å². The summed E-state index contributed by atoms with van der Waals surface area (Å²) in [5.41, 5.74) is 6.64. The van der Waals surface area contributed by atoms with Gasteiger partial charge < -0.3 is 15.8 Å². The summed E-state index contributed by atoms with van der Waals surface area (Å²) in [4.78, 5) is 1.03. The maximum absolute atomic E-state index is 12.4. The molecule has 0 saturated heterocycles. The predicted molar refractivity (Wildman–Crippen MR) is 63.0 cm³/mol. The van der Waals surface area contributed by atoms with Crippen molar-refractivity contribution in [2.24, 2.45) is 10.9 Å². The van der Waals surface area contributed by atoms with E-state index >= 15 is 0 Å². The van der Waals surface area contributed by atoms with Gasteiger partial charge in [-0.25, -0.2) is 0 Å². The number of hydrogen-bond acceptors (Lipinski definition) is 3. The van der Waals surface area contributed by atoms with Crippen molar-refractivity contribution in [3.05, 3.63) is 29.3 Å². The van der Waals surface area contributed by atoms with E-state index in [1.807, 2.05) is 0 Å². The third-order valence-corrected chi connectivity index (χ3v) is 2.42. The third-order valence-electron chi connectivity index (χ3n) is 2.42. The van der Waals surface area contributed by atoms with E-state index in [9.17, 15) is 13.2 Å². The van der Waals surface area contributed by atoms with E-state index in [1.54, 1.807) is 19.1 Å². The molecule has 7 heteroatoms. The number of para-hydroxylation sites is 1. The molecule has 100 valence electrons. The van der Waals surface area contributed by atoms with Crippen LogP contribution < -0.4 is 10.6 Å². The number of aryl methyl sites for hydroxylation is 1. The van der Waals surface area contributed by atoms with Gasteiger partial charge in [-0.2, -0.15) is 13.2 Å². The topological polar surface area (TPSA) is 61.9 Å². The van der Waals surface area contributed by atoms with Gasteiger partial charge in [0.25, 0.3) is 0 Å². The minimum Gasteiger partial charge on any atom is -0.409 e. The number of oxime groups is 1. The van der Waals surface area contributed by atoms with Gasteiger partial charge in [0.2, 0.25) is 0 Å². The lowest BCUT2D eigenvalue weighted by molar-refractivity contribution is -0.119. The molecular weight excluding hydrogens is 247 g/mol. The van der Waals surface area contributed by atoms with Crippen LogP contribution in [0.2, 0.25) is 0 Å². The zero-order valence-corrected chi connectivity index (χ0v) is 9.99. The lowest BCUT2D eigenvalue weighted by Gasteiger charge is -2.25. The molecule has 0 bridgehead atoms. The number of benzene rings is 1. The van der Waals surface area contributed by atoms with E-state index in [0.717, 1.165) is 4.90 Å². The number of anilines is 1. The number of rotatable bonds is 3. The number of nitrogens with two attached hydrogens (primary N) is 1. The SMILES string of the molecule is Cc1cccc(/C(N)=N/O)c1N(C)CC(F)(F)F. The fraction of sp³-hybridized carbons (Fsp3) is 0.364. The molecule has 1 aromatic rings. The smallest absolute Gasteiger partial charge is 0.405 e. The number of hydrogen-bond donors (Lipinski definition) is 2. The van der Waals surface area contributed by atoms with Crippen LogP contribution in [0.5, 0.6) is 0 Å². The van der Waals surface area contributed by atoms with Gasteiger partial charge in [-0.3, -0.25) is 0 Å². The van der Waals surface area contributed by atoms with Crippen LogP contribution in [-0.4, -0.2) is 30.8 Å². The quantitative estimate of drug-likeness (QED) is 0.379. The molecule has 4 nitrogen and oxygen atoms in total. The van der Waals surface area contributed by atoms with Crippen molar-refractivity contribution in [2.45, 2.75) is 13.1 Å². The van der Waals surface area contributed by atoms with Gasteiger partial charge in [-0.1, -0.05) is 17.3 Å². The molecule has 0 atom stereocenters. The lowest BCUT2D eigenvalue weighted by atomic mass is 10.1. The fourth-order valence-electron chi connectivity index (χ4n) is 1.77. The van der Waals surface area contributed by atoms with Gasteiger partial charge in [0.15, 0.2) is 5.84 Å².